The van der Waals surface area contributed by atoms with Crippen LogP contribution in [0, 0.1) is 16.1 Å². The monoisotopic (exact) mass is 226 g/mol. The highest BCUT2D eigenvalue weighted by molar-refractivity contribution is 6.31. The molecule has 0 aliphatic carbocycles. The molecule has 1 rings (SSSR count). The van der Waals surface area contributed by atoms with Gasteiger partial charge < -0.3 is 10.1 Å². The molecule has 0 bridgehead atoms. The van der Waals surface area contributed by atoms with Crippen molar-refractivity contribution < 1.29 is 18.1 Å². The molecule has 0 amide bonds. The maximum absolute atomic E-state index is 12.7. The topological polar surface area (TPSA) is 56.0 Å². The quantitative estimate of drug-likeness (QED) is 0.443. The molecule has 0 aromatic carbocycles. The minimum Gasteiger partial charge on any atom is -0.358 e. The van der Waals surface area contributed by atoms with Gasteiger partial charge in [0, 0.05) is 0 Å². The maximum Gasteiger partial charge on any atom is 0.368 e. The second-order valence-corrected chi connectivity index (χ2v) is 2.63. The Balaban J connectivity index is 3.32. The normalized spacial score (nSPS) is 10.6. The van der Waals surface area contributed by atoms with E-state index in [0.717, 1.165) is 0 Å². The number of hydrogen-bond acceptors (Lipinski definition) is 3. The lowest BCUT2D eigenvalue weighted by Gasteiger charge is -2.00. The molecule has 0 aliphatic heterocycles. The predicted octanol–water partition coefficient (Wildman–Crippen LogP) is 2.72. The van der Waals surface area contributed by atoms with Crippen molar-refractivity contribution in [2.45, 2.75) is 6.43 Å². The van der Waals surface area contributed by atoms with Crippen LogP contribution in [0.3, 0.4) is 0 Å². The van der Waals surface area contributed by atoms with Gasteiger partial charge in [-0.2, -0.15) is 4.39 Å². The number of rotatable bonds is 2. The molecule has 0 radical (unpaired) electrons. The van der Waals surface area contributed by atoms with Crippen LogP contribution in [-0.2, 0) is 0 Å². The van der Waals surface area contributed by atoms with E-state index in [-0.39, 0.29) is 0 Å². The van der Waals surface area contributed by atoms with Crippen molar-refractivity contribution in [1.29, 1.82) is 0 Å². The first kappa shape index (κ1) is 10.7. The summed E-state index contributed by atoms with van der Waals surface area (Å²) < 4.78 is 36.9. The van der Waals surface area contributed by atoms with Gasteiger partial charge in [-0.1, -0.05) is 11.6 Å². The van der Waals surface area contributed by atoms with Gasteiger partial charge in [0.1, 0.15) is 5.56 Å². The van der Waals surface area contributed by atoms with E-state index >= 15 is 0 Å². The fourth-order valence-corrected chi connectivity index (χ4v) is 1.03. The highest BCUT2D eigenvalue weighted by Gasteiger charge is 2.25. The Morgan fingerprint density at radius 3 is 2.50 bits per heavy atom. The molecule has 1 aromatic heterocycles. The van der Waals surface area contributed by atoms with Crippen LogP contribution in [0.1, 0.15) is 12.0 Å². The van der Waals surface area contributed by atoms with E-state index in [0.29, 0.717) is 6.07 Å². The van der Waals surface area contributed by atoms with E-state index in [1.54, 1.807) is 0 Å². The summed E-state index contributed by atoms with van der Waals surface area (Å²) in [6, 6.07) is 0.576. The Hall–Kier alpha value is -1.37. The standard InChI is InChI=1S/C6H2ClF3N2O2/c7-2-1-3(12(13)14)11-6(10)4(2)5(8)9/h1,5H. The zero-order valence-electron chi connectivity index (χ0n) is 6.38. The summed E-state index contributed by atoms with van der Waals surface area (Å²) in [4.78, 5) is 11.8. The van der Waals surface area contributed by atoms with E-state index in [2.05, 4.69) is 4.98 Å². The second kappa shape index (κ2) is 3.79. The van der Waals surface area contributed by atoms with Crippen molar-refractivity contribution in [2.75, 3.05) is 0 Å². The predicted molar refractivity (Wildman–Crippen MR) is 40.8 cm³/mol. The summed E-state index contributed by atoms with van der Waals surface area (Å²) >= 11 is 5.21. The Labute approximate surface area is 80.5 Å². The minimum absolute atomic E-state index is 0.576. The van der Waals surface area contributed by atoms with E-state index in [9.17, 15) is 23.3 Å². The van der Waals surface area contributed by atoms with Crippen molar-refractivity contribution in [1.82, 2.24) is 4.98 Å². The van der Waals surface area contributed by atoms with Gasteiger partial charge in [-0.15, -0.1) is 0 Å². The number of alkyl halides is 2. The average Bonchev–Trinajstić information content (AvgIpc) is 2.01. The number of hydrogen-bond donors (Lipinski definition) is 0. The van der Waals surface area contributed by atoms with Crippen LogP contribution in [0.5, 0.6) is 0 Å². The van der Waals surface area contributed by atoms with Crippen LogP contribution < -0.4 is 0 Å². The second-order valence-electron chi connectivity index (χ2n) is 2.22. The van der Waals surface area contributed by atoms with Crippen LogP contribution in [0.25, 0.3) is 0 Å². The third-order valence-electron chi connectivity index (χ3n) is 1.35. The lowest BCUT2D eigenvalue weighted by atomic mass is 10.3. The highest BCUT2D eigenvalue weighted by Crippen LogP contribution is 2.30. The summed E-state index contributed by atoms with van der Waals surface area (Å²) in [5.74, 6) is -2.53. The third kappa shape index (κ3) is 1.92. The Bertz CT molecular complexity index is 362. The van der Waals surface area contributed by atoms with Crippen molar-refractivity contribution in [2.24, 2.45) is 0 Å². The molecule has 0 spiro atoms. The van der Waals surface area contributed by atoms with Crippen molar-refractivity contribution in [3.8, 4) is 0 Å². The largest absolute Gasteiger partial charge is 0.368 e. The van der Waals surface area contributed by atoms with Gasteiger partial charge in [0.25, 0.3) is 6.43 Å². The lowest BCUT2D eigenvalue weighted by molar-refractivity contribution is -0.389. The van der Waals surface area contributed by atoms with E-state index < -0.39 is 33.7 Å². The highest BCUT2D eigenvalue weighted by atomic mass is 35.5. The molecule has 0 saturated carbocycles. The molecule has 14 heavy (non-hydrogen) atoms. The smallest absolute Gasteiger partial charge is 0.358 e. The van der Waals surface area contributed by atoms with Gasteiger partial charge in [0.15, 0.2) is 0 Å². The summed E-state index contributed by atoms with van der Waals surface area (Å²) in [5.41, 5.74) is -1.13. The molecule has 1 aromatic rings. The average molecular weight is 227 g/mol. The summed E-state index contributed by atoms with van der Waals surface area (Å²) in [7, 11) is 0. The Morgan fingerprint density at radius 2 is 2.14 bits per heavy atom. The number of nitro groups is 1. The summed E-state index contributed by atoms with van der Waals surface area (Å²) in [6.07, 6.45) is -3.16. The fourth-order valence-electron chi connectivity index (χ4n) is 0.771. The van der Waals surface area contributed by atoms with Gasteiger partial charge in [-0.05, 0) is 9.91 Å². The Morgan fingerprint density at radius 1 is 1.57 bits per heavy atom. The molecule has 0 atom stereocenters. The van der Waals surface area contributed by atoms with Crippen LogP contribution in [-0.4, -0.2) is 9.91 Å². The van der Waals surface area contributed by atoms with Gasteiger partial charge in [0.05, 0.1) is 11.1 Å². The molecule has 0 unspecified atom stereocenters. The first-order chi connectivity index (χ1) is 6.43. The molecule has 8 heteroatoms. The van der Waals surface area contributed by atoms with Crippen LogP contribution in [0.15, 0.2) is 6.07 Å². The van der Waals surface area contributed by atoms with Gasteiger partial charge in [-0.25, -0.2) is 8.78 Å². The third-order valence-corrected chi connectivity index (χ3v) is 1.67. The van der Waals surface area contributed by atoms with E-state index in [1.807, 2.05) is 0 Å². The molecule has 0 fully saturated rings. The van der Waals surface area contributed by atoms with Gasteiger partial charge in [0.2, 0.25) is 0 Å². The summed E-state index contributed by atoms with van der Waals surface area (Å²) in [6.45, 7) is 0. The zero-order chi connectivity index (χ0) is 10.9. The summed E-state index contributed by atoms with van der Waals surface area (Å²) in [5, 5.41) is 9.41. The van der Waals surface area contributed by atoms with Gasteiger partial charge >= 0.3 is 11.8 Å². The minimum atomic E-state index is -3.16. The number of aromatic nitrogens is 1. The molecule has 0 aliphatic rings. The van der Waals surface area contributed by atoms with Crippen LogP contribution in [0.4, 0.5) is 19.0 Å². The molecule has 4 nitrogen and oxygen atoms in total. The number of pyridine rings is 1. The lowest BCUT2D eigenvalue weighted by Crippen LogP contribution is -2.00. The van der Waals surface area contributed by atoms with Crippen molar-refractivity contribution in [3.63, 3.8) is 0 Å². The van der Waals surface area contributed by atoms with Crippen LogP contribution in [0.2, 0.25) is 5.02 Å². The van der Waals surface area contributed by atoms with E-state index in [4.69, 9.17) is 11.6 Å². The number of nitrogens with zero attached hydrogens (tertiary/aromatic N) is 2. The zero-order valence-corrected chi connectivity index (χ0v) is 7.13. The molecular formula is C6H2ClF3N2O2. The molecule has 0 saturated heterocycles. The van der Waals surface area contributed by atoms with Crippen molar-refractivity contribution in [3.05, 3.63) is 32.7 Å². The fraction of sp³-hybridized carbons (Fsp3) is 0.167. The molecule has 76 valence electrons. The van der Waals surface area contributed by atoms with Gasteiger partial charge in [-0.3, -0.25) is 0 Å². The first-order valence-corrected chi connectivity index (χ1v) is 3.59. The number of halogens is 4. The maximum atomic E-state index is 12.7. The Kier molecular flexibility index (Phi) is 2.90. The first-order valence-electron chi connectivity index (χ1n) is 3.22. The SMILES string of the molecule is O=[N+]([O-])c1cc(Cl)c(C(F)F)c(F)n1. The molecule has 1 heterocycles. The molecular weight excluding hydrogens is 225 g/mol. The van der Waals surface area contributed by atoms with Crippen LogP contribution >= 0.6 is 11.6 Å². The van der Waals surface area contributed by atoms with E-state index in [1.165, 1.54) is 0 Å². The van der Waals surface area contributed by atoms with Crippen molar-refractivity contribution >= 4 is 17.4 Å². The molecule has 0 N–H and O–H groups in total.